The van der Waals surface area contributed by atoms with Crippen LogP contribution in [0.1, 0.15) is 40.5 Å². The van der Waals surface area contributed by atoms with E-state index in [4.69, 9.17) is 0 Å². The van der Waals surface area contributed by atoms with Gasteiger partial charge in [0.15, 0.2) is 0 Å². The second-order valence-corrected chi connectivity index (χ2v) is 4.98. The fraction of sp³-hybridized carbons (Fsp3) is 1.00. The van der Waals surface area contributed by atoms with Crippen molar-refractivity contribution in [2.24, 2.45) is 17.3 Å². The number of hydrogen-bond acceptors (Lipinski definition) is 1. The first-order chi connectivity index (χ1) is 4.93. The highest BCUT2D eigenvalue weighted by atomic mass is 16.3. The first kappa shape index (κ1) is 9.05. The highest BCUT2D eigenvalue weighted by Gasteiger charge is 2.38. The topological polar surface area (TPSA) is 20.2 Å². The smallest absolute Gasteiger partial charge is 0.0568 e. The van der Waals surface area contributed by atoms with Crippen LogP contribution in [0.2, 0.25) is 0 Å². The summed E-state index contributed by atoms with van der Waals surface area (Å²) in [4.78, 5) is 0. The van der Waals surface area contributed by atoms with Gasteiger partial charge in [0.1, 0.15) is 0 Å². The van der Waals surface area contributed by atoms with E-state index in [1.165, 1.54) is 6.42 Å². The molecule has 0 aromatic heterocycles. The Labute approximate surface area is 69.8 Å². The molecule has 1 fully saturated rings. The standard InChI is InChI=1S/C10H20O/c1-7-8(10(2,3)4)5-6-9(7)11/h7-9,11H,5-6H2,1-4H3. The lowest BCUT2D eigenvalue weighted by Gasteiger charge is -2.31. The third-order valence-corrected chi connectivity index (χ3v) is 3.13. The molecule has 0 aromatic carbocycles. The maximum Gasteiger partial charge on any atom is 0.0568 e. The SMILES string of the molecule is CC1C(O)CCC1C(C)(C)C. The summed E-state index contributed by atoms with van der Waals surface area (Å²) in [5.41, 5.74) is 0.372. The van der Waals surface area contributed by atoms with Crippen molar-refractivity contribution < 1.29 is 5.11 Å². The Morgan fingerprint density at radius 1 is 1.18 bits per heavy atom. The molecule has 0 heterocycles. The summed E-state index contributed by atoms with van der Waals surface area (Å²) in [6, 6.07) is 0. The Morgan fingerprint density at radius 2 is 1.73 bits per heavy atom. The summed E-state index contributed by atoms with van der Waals surface area (Å²) in [5, 5.41) is 9.53. The molecule has 1 heteroatoms. The van der Waals surface area contributed by atoms with Gasteiger partial charge < -0.3 is 5.11 Å². The van der Waals surface area contributed by atoms with Crippen molar-refractivity contribution in [3.05, 3.63) is 0 Å². The molecule has 3 atom stereocenters. The van der Waals surface area contributed by atoms with Crippen LogP contribution in [0.3, 0.4) is 0 Å². The molecule has 0 amide bonds. The van der Waals surface area contributed by atoms with E-state index in [1.54, 1.807) is 0 Å². The molecule has 0 radical (unpaired) electrons. The van der Waals surface area contributed by atoms with E-state index in [9.17, 15) is 5.11 Å². The third kappa shape index (κ3) is 1.76. The average molecular weight is 156 g/mol. The molecule has 0 aliphatic heterocycles. The largest absolute Gasteiger partial charge is 0.393 e. The van der Waals surface area contributed by atoms with Crippen molar-refractivity contribution in [2.75, 3.05) is 0 Å². The Bertz CT molecular complexity index is 134. The Kier molecular flexibility index (Phi) is 2.29. The van der Waals surface area contributed by atoms with Crippen molar-refractivity contribution in [3.8, 4) is 0 Å². The first-order valence-electron chi connectivity index (χ1n) is 4.61. The van der Waals surface area contributed by atoms with Crippen LogP contribution in [0.4, 0.5) is 0 Å². The van der Waals surface area contributed by atoms with E-state index in [0.717, 1.165) is 6.42 Å². The fourth-order valence-corrected chi connectivity index (χ4v) is 2.37. The van der Waals surface area contributed by atoms with E-state index >= 15 is 0 Å². The normalized spacial score (nSPS) is 39.5. The zero-order chi connectivity index (χ0) is 8.65. The van der Waals surface area contributed by atoms with Crippen molar-refractivity contribution >= 4 is 0 Å². The molecular weight excluding hydrogens is 136 g/mol. The van der Waals surface area contributed by atoms with Crippen LogP contribution >= 0.6 is 0 Å². The molecule has 3 unspecified atom stereocenters. The number of hydrogen-bond donors (Lipinski definition) is 1. The lowest BCUT2D eigenvalue weighted by Crippen LogP contribution is -2.26. The van der Waals surface area contributed by atoms with E-state index < -0.39 is 0 Å². The van der Waals surface area contributed by atoms with Crippen LogP contribution in [0.15, 0.2) is 0 Å². The predicted octanol–water partition coefficient (Wildman–Crippen LogP) is 2.44. The molecule has 66 valence electrons. The average Bonchev–Trinajstić information content (AvgIpc) is 2.11. The van der Waals surface area contributed by atoms with Crippen molar-refractivity contribution in [1.82, 2.24) is 0 Å². The summed E-state index contributed by atoms with van der Waals surface area (Å²) < 4.78 is 0. The summed E-state index contributed by atoms with van der Waals surface area (Å²) in [7, 11) is 0. The van der Waals surface area contributed by atoms with Gasteiger partial charge in [-0.3, -0.25) is 0 Å². The summed E-state index contributed by atoms with van der Waals surface area (Å²) >= 11 is 0. The Hall–Kier alpha value is -0.0400. The van der Waals surface area contributed by atoms with E-state index in [0.29, 0.717) is 17.3 Å². The summed E-state index contributed by atoms with van der Waals surface area (Å²) in [6.45, 7) is 8.98. The molecule has 1 saturated carbocycles. The minimum atomic E-state index is -0.0424. The maximum atomic E-state index is 9.53. The fourth-order valence-electron chi connectivity index (χ4n) is 2.37. The molecule has 0 bridgehead atoms. The van der Waals surface area contributed by atoms with Crippen LogP contribution in [0, 0.1) is 17.3 Å². The Balaban J connectivity index is 2.62. The second-order valence-electron chi connectivity index (χ2n) is 4.98. The molecule has 11 heavy (non-hydrogen) atoms. The Morgan fingerprint density at radius 3 is 1.91 bits per heavy atom. The quantitative estimate of drug-likeness (QED) is 0.571. The van der Waals surface area contributed by atoms with E-state index in [1.807, 2.05) is 0 Å². The number of rotatable bonds is 0. The molecule has 0 spiro atoms. The maximum absolute atomic E-state index is 9.53. The highest BCUT2D eigenvalue weighted by molar-refractivity contribution is 4.88. The van der Waals surface area contributed by atoms with Crippen LogP contribution < -0.4 is 0 Å². The first-order valence-corrected chi connectivity index (χ1v) is 4.61. The lowest BCUT2D eigenvalue weighted by atomic mass is 9.75. The molecule has 1 nitrogen and oxygen atoms in total. The highest BCUT2D eigenvalue weighted by Crippen LogP contribution is 2.43. The van der Waals surface area contributed by atoms with Gasteiger partial charge in [0.2, 0.25) is 0 Å². The molecule has 1 rings (SSSR count). The van der Waals surface area contributed by atoms with E-state index in [-0.39, 0.29) is 6.10 Å². The van der Waals surface area contributed by atoms with Gasteiger partial charge in [-0.05, 0) is 30.1 Å². The van der Waals surface area contributed by atoms with Gasteiger partial charge in [0.05, 0.1) is 6.10 Å². The van der Waals surface area contributed by atoms with Gasteiger partial charge in [-0.25, -0.2) is 0 Å². The summed E-state index contributed by atoms with van der Waals surface area (Å²) in [5.74, 6) is 1.20. The molecular formula is C10H20O. The van der Waals surface area contributed by atoms with Gasteiger partial charge in [-0.1, -0.05) is 27.7 Å². The molecule has 1 aliphatic carbocycles. The molecule has 1 N–H and O–H groups in total. The van der Waals surface area contributed by atoms with Crippen molar-refractivity contribution in [2.45, 2.75) is 46.6 Å². The van der Waals surface area contributed by atoms with E-state index in [2.05, 4.69) is 27.7 Å². The zero-order valence-electron chi connectivity index (χ0n) is 8.09. The lowest BCUT2D eigenvalue weighted by molar-refractivity contribution is 0.0958. The van der Waals surface area contributed by atoms with Gasteiger partial charge in [0.25, 0.3) is 0 Å². The zero-order valence-corrected chi connectivity index (χ0v) is 8.09. The minimum Gasteiger partial charge on any atom is -0.393 e. The van der Waals surface area contributed by atoms with Crippen LogP contribution in [0.25, 0.3) is 0 Å². The predicted molar refractivity (Wildman–Crippen MR) is 47.3 cm³/mol. The van der Waals surface area contributed by atoms with Gasteiger partial charge in [0, 0.05) is 0 Å². The molecule has 1 aliphatic rings. The van der Waals surface area contributed by atoms with Crippen molar-refractivity contribution in [3.63, 3.8) is 0 Å². The van der Waals surface area contributed by atoms with Gasteiger partial charge in [-0.15, -0.1) is 0 Å². The van der Waals surface area contributed by atoms with Gasteiger partial charge >= 0.3 is 0 Å². The molecule has 0 saturated heterocycles. The summed E-state index contributed by atoms with van der Waals surface area (Å²) in [6.07, 6.45) is 2.16. The second kappa shape index (κ2) is 2.78. The minimum absolute atomic E-state index is 0.0424. The van der Waals surface area contributed by atoms with Gasteiger partial charge in [-0.2, -0.15) is 0 Å². The van der Waals surface area contributed by atoms with Crippen LogP contribution in [-0.4, -0.2) is 11.2 Å². The monoisotopic (exact) mass is 156 g/mol. The van der Waals surface area contributed by atoms with Crippen LogP contribution in [0.5, 0.6) is 0 Å². The van der Waals surface area contributed by atoms with Crippen LogP contribution in [-0.2, 0) is 0 Å². The number of aliphatic hydroxyl groups is 1. The third-order valence-electron chi connectivity index (χ3n) is 3.13. The van der Waals surface area contributed by atoms with Crippen molar-refractivity contribution in [1.29, 1.82) is 0 Å². The molecule has 0 aromatic rings. The number of aliphatic hydroxyl groups excluding tert-OH is 1.